The highest BCUT2D eigenvalue weighted by atomic mass is 16.3. The molecule has 4 heteroatoms. The van der Waals surface area contributed by atoms with Crippen molar-refractivity contribution in [3.05, 3.63) is 18.5 Å². The van der Waals surface area contributed by atoms with Gasteiger partial charge in [-0.15, -0.1) is 0 Å². The van der Waals surface area contributed by atoms with Crippen molar-refractivity contribution in [3.8, 4) is 0 Å². The summed E-state index contributed by atoms with van der Waals surface area (Å²) >= 11 is 0. The predicted molar refractivity (Wildman–Crippen MR) is 58.5 cm³/mol. The lowest BCUT2D eigenvalue weighted by Crippen LogP contribution is -2.25. The molecular formula is C11H19N3O. The molecule has 1 aromatic rings. The van der Waals surface area contributed by atoms with Crippen LogP contribution in [0.1, 0.15) is 12.8 Å². The third-order valence-corrected chi connectivity index (χ3v) is 3.11. The summed E-state index contributed by atoms with van der Waals surface area (Å²) in [6, 6.07) is 1.96. The first-order valence-electron chi connectivity index (χ1n) is 5.69. The van der Waals surface area contributed by atoms with Gasteiger partial charge in [-0.2, -0.15) is 5.10 Å². The molecular weight excluding hydrogens is 190 g/mol. The largest absolute Gasteiger partial charge is 0.396 e. The summed E-state index contributed by atoms with van der Waals surface area (Å²) in [6.45, 7) is 4.69. The average molecular weight is 209 g/mol. The van der Waals surface area contributed by atoms with Crippen molar-refractivity contribution < 1.29 is 5.11 Å². The lowest BCUT2D eigenvalue weighted by molar-refractivity contribution is 0.248. The normalized spacial score (nSPS) is 22.3. The van der Waals surface area contributed by atoms with Gasteiger partial charge in [0.2, 0.25) is 0 Å². The Labute approximate surface area is 90.5 Å². The molecule has 84 valence electrons. The Hall–Kier alpha value is -0.870. The van der Waals surface area contributed by atoms with Gasteiger partial charge in [-0.25, -0.2) is 0 Å². The first-order valence-corrected chi connectivity index (χ1v) is 5.69. The number of nitrogens with zero attached hydrogens (tertiary/aromatic N) is 3. The van der Waals surface area contributed by atoms with E-state index in [1.54, 1.807) is 0 Å². The standard InChI is InChI=1S/C11H19N3O/c15-9-3-11-2-6-13(10-11)7-8-14-5-1-4-12-14/h1,4-5,11,15H,2-3,6-10H2. The highest BCUT2D eigenvalue weighted by Crippen LogP contribution is 2.18. The summed E-state index contributed by atoms with van der Waals surface area (Å²) < 4.78 is 1.97. The molecule has 15 heavy (non-hydrogen) atoms. The van der Waals surface area contributed by atoms with E-state index in [2.05, 4.69) is 10.00 Å². The molecule has 1 saturated heterocycles. The Morgan fingerprint density at radius 2 is 2.33 bits per heavy atom. The molecule has 0 saturated carbocycles. The SMILES string of the molecule is OCCC1CCN(CCn2cccn2)C1. The zero-order valence-corrected chi connectivity index (χ0v) is 9.05. The number of aromatic nitrogens is 2. The van der Waals surface area contributed by atoms with Crippen LogP contribution in [0.3, 0.4) is 0 Å². The van der Waals surface area contributed by atoms with E-state index in [1.165, 1.54) is 13.0 Å². The van der Waals surface area contributed by atoms with Crippen molar-refractivity contribution in [2.75, 3.05) is 26.2 Å². The first kappa shape index (κ1) is 10.6. The molecule has 1 fully saturated rings. The molecule has 4 nitrogen and oxygen atoms in total. The van der Waals surface area contributed by atoms with Gasteiger partial charge < -0.3 is 10.0 Å². The highest BCUT2D eigenvalue weighted by molar-refractivity contribution is 4.79. The van der Waals surface area contributed by atoms with Crippen LogP contribution in [0, 0.1) is 5.92 Å². The number of hydrogen-bond acceptors (Lipinski definition) is 3. The molecule has 0 bridgehead atoms. The van der Waals surface area contributed by atoms with Crippen molar-refractivity contribution in [2.45, 2.75) is 19.4 Å². The minimum atomic E-state index is 0.331. The number of aliphatic hydroxyl groups excluding tert-OH is 1. The molecule has 0 spiro atoms. The van der Waals surface area contributed by atoms with Crippen molar-refractivity contribution in [3.63, 3.8) is 0 Å². The molecule has 2 rings (SSSR count). The van der Waals surface area contributed by atoms with Crippen LogP contribution < -0.4 is 0 Å². The Kier molecular flexibility index (Phi) is 3.75. The number of rotatable bonds is 5. The molecule has 1 aromatic heterocycles. The van der Waals surface area contributed by atoms with E-state index >= 15 is 0 Å². The molecule has 1 N–H and O–H groups in total. The molecule has 1 unspecified atom stereocenters. The molecule has 1 aliphatic heterocycles. The van der Waals surface area contributed by atoms with Crippen molar-refractivity contribution in [1.82, 2.24) is 14.7 Å². The van der Waals surface area contributed by atoms with E-state index in [0.717, 1.165) is 26.1 Å². The van der Waals surface area contributed by atoms with E-state index in [0.29, 0.717) is 12.5 Å². The molecule has 0 radical (unpaired) electrons. The van der Waals surface area contributed by atoms with E-state index in [1.807, 2.05) is 23.1 Å². The van der Waals surface area contributed by atoms with E-state index in [4.69, 9.17) is 5.11 Å². The Bertz CT molecular complexity index is 273. The van der Waals surface area contributed by atoms with Crippen molar-refractivity contribution in [1.29, 1.82) is 0 Å². The molecule has 2 heterocycles. The topological polar surface area (TPSA) is 41.3 Å². The third kappa shape index (κ3) is 3.04. The summed E-state index contributed by atoms with van der Waals surface area (Å²) in [6.07, 6.45) is 6.01. The van der Waals surface area contributed by atoms with Gasteiger partial charge in [-0.3, -0.25) is 4.68 Å². The second-order valence-corrected chi connectivity index (χ2v) is 4.24. The summed E-state index contributed by atoms with van der Waals surface area (Å²) in [5.74, 6) is 0.702. The van der Waals surface area contributed by atoms with Crippen LogP contribution in [-0.4, -0.2) is 46.0 Å². The maximum absolute atomic E-state index is 8.86. The van der Waals surface area contributed by atoms with E-state index < -0.39 is 0 Å². The van der Waals surface area contributed by atoms with Crippen LogP contribution >= 0.6 is 0 Å². The van der Waals surface area contributed by atoms with Gasteiger partial charge in [0, 0.05) is 32.1 Å². The molecule has 1 atom stereocenters. The first-order chi connectivity index (χ1) is 7.38. The Morgan fingerprint density at radius 3 is 3.07 bits per heavy atom. The van der Waals surface area contributed by atoms with Crippen molar-refractivity contribution >= 4 is 0 Å². The van der Waals surface area contributed by atoms with Crippen LogP contribution in [0.25, 0.3) is 0 Å². The van der Waals surface area contributed by atoms with E-state index in [9.17, 15) is 0 Å². The summed E-state index contributed by atoms with van der Waals surface area (Å²) in [5.41, 5.74) is 0. The third-order valence-electron chi connectivity index (χ3n) is 3.11. The lowest BCUT2D eigenvalue weighted by Gasteiger charge is -2.15. The van der Waals surface area contributed by atoms with Crippen LogP contribution in [0.15, 0.2) is 18.5 Å². The van der Waals surface area contributed by atoms with Crippen LogP contribution in [0.2, 0.25) is 0 Å². The van der Waals surface area contributed by atoms with Gasteiger partial charge >= 0.3 is 0 Å². The van der Waals surface area contributed by atoms with Crippen LogP contribution in [-0.2, 0) is 6.54 Å². The monoisotopic (exact) mass is 209 g/mol. The fourth-order valence-electron chi connectivity index (χ4n) is 2.21. The minimum absolute atomic E-state index is 0.331. The van der Waals surface area contributed by atoms with Crippen molar-refractivity contribution in [2.24, 2.45) is 5.92 Å². The maximum Gasteiger partial charge on any atom is 0.0536 e. The zero-order chi connectivity index (χ0) is 10.5. The minimum Gasteiger partial charge on any atom is -0.396 e. The summed E-state index contributed by atoms with van der Waals surface area (Å²) in [5, 5.41) is 13.0. The lowest BCUT2D eigenvalue weighted by atomic mass is 10.1. The fourth-order valence-corrected chi connectivity index (χ4v) is 2.21. The van der Waals surface area contributed by atoms with Gasteiger partial charge in [0.1, 0.15) is 0 Å². The second-order valence-electron chi connectivity index (χ2n) is 4.24. The van der Waals surface area contributed by atoms with Crippen LogP contribution in [0.5, 0.6) is 0 Å². The zero-order valence-electron chi connectivity index (χ0n) is 9.05. The van der Waals surface area contributed by atoms with Gasteiger partial charge in [-0.1, -0.05) is 0 Å². The summed E-state index contributed by atoms with van der Waals surface area (Å²) in [4.78, 5) is 2.46. The average Bonchev–Trinajstić information content (AvgIpc) is 2.85. The molecule has 1 aliphatic rings. The Morgan fingerprint density at radius 1 is 1.40 bits per heavy atom. The predicted octanol–water partition coefficient (Wildman–Crippen LogP) is 0.587. The molecule has 0 amide bonds. The summed E-state index contributed by atoms with van der Waals surface area (Å²) in [7, 11) is 0. The van der Waals surface area contributed by atoms with E-state index in [-0.39, 0.29) is 0 Å². The van der Waals surface area contributed by atoms with Crippen LogP contribution in [0.4, 0.5) is 0 Å². The smallest absolute Gasteiger partial charge is 0.0536 e. The van der Waals surface area contributed by atoms with Gasteiger partial charge in [0.15, 0.2) is 0 Å². The van der Waals surface area contributed by atoms with Gasteiger partial charge in [0.05, 0.1) is 6.54 Å². The quantitative estimate of drug-likeness (QED) is 0.771. The van der Waals surface area contributed by atoms with Gasteiger partial charge in [0.25, 0.3) is 0 Å². The number of aliphatic hydroxyl groups is 1. The second kappa shape index (κ2) is 5.28. The van der Waals surface area contributed by atoms with Gasteiger partial charge in [-0.05, 0) is 31.4 Å². The molecule has 0 aliphatic carbocycles. The highest BCUT2D eigenvalue weighted by Gasteiger charge is 2.21. The molecule has 0 aromatic carbocycles. The maximum atomic E-state index is 8.86. The Balaban J connectivity index is 1.69. The fraction of sp³-hybridized carbons (Fsp3) is 0.727. The number of hydrogen-bond donors (Lipinski definition) is 1. The number of likely N-dealkylation sites (tertiary alicyclic amines) is 1.